The lowest BCUT2D eigenvalue weighted by Gasteiger charge is -2.30. The van der Waals surface area contributed by atoms with Crippen molar-refractivity contribution in [2.45, 2.75) is 18.9 Å². The fraction of sp³-hybridized carbons (Fsp3) is 1.00. The highest BCUT2D eigenvalue weighted by Crippen LogP contribution is 2.25. The highest BCUT2D eigenvalue weighted by Gasteiger charge is 2.23. The molecular weight excluding hydrogens is 106 g/mol. The van der Waals surface area contributed by atoms with Crippen LogP contribution in [0.2, 0.25) is 0 Å². The van der Waals surface area contributed by atoms with E-state index in [9.17, 15) is 0 Å². The average molecular weight is 117 g/mol. The van der Waals surface area contributed by atoms with Gasteiger partial charge in [0.1, 0.15) is 0 Å². The number of rotatable bonds is 1. The highest BCUT2D eigenvalue weighted by molar-refractivity contribution is 7.80. The summed E-state index contributed by atoms with van der Waals surface area (Å²) >= 11 is 4.13. The SMILES string of the molecule is NC1CC(CS)C1. The zero-order chi connectivity index (χ0) is 5.28. The predicted octanol–water partition coefficient (Wildman–Crippen LogP) is 0.653. The second-order valence-corrected chi connectivity index (χ2v) is 2.65. The van der Waals surface area contributed by atoms with Gasteiger partial charge in [-0.1, -0.05) is 0 Å². The lowest BCUT2D eigenvalue weighted by molar-refractivity contribution is 0.296. The monoisotopic (exact) mass is 117 g/mol. The lowest BCUT2D eigenvalue weighted by Crippen LogP contribution is -2.36. The Morgan fingerprint density at radius 2 is 2.14 bits per heavy atom. The van der Waals surface area contributed by atoms with Gasteiger partial charge in [-0.05, 0) is 24.5 Å². The Morgan fingerprint density at radius 3 is 2.29 bits per heavy atom. The summed E-state index contributed by atoms with van der Waals surface area (Å²) in [6, 6.07) is 0.497. The van der Waals surface area contributed by atoms with Crippen LogP contribution in [-0.2, 0) is 0 Å². The summed E-state index contributed by atoms with van der Waals surface area (Å²) in [6.45, 7) is 0. The van der Waals surface area contributed by atoms with E-state index < -0.39 is 0 Å². The van der Waals surface area contributed by atoms with Crippen molar-refractivity contribution in [1.82, 2.24) is 0 Å². The van der Waals surface area contributed by atoms with E-state index in [1.165, 1.54) is 12.8 Å². The molecule has 0 radical (unpaired) electrons. The lowest BCUT2D eigenvalue weighted by atomic mass is 9.82. The van der Waals surface area contributed by atoms with Crippen LogP contribution in [-0.4, -0.2) is 11.8 Å². The predicted molar refractivity (Wildman–Crippen MR) is 34.6 cm³/mol. The van der Waals surface area contributed by atoms with Crippen LogP contribution < -0.4 is 5.73 Å². The molecule has 2 heteroatoms. The maximum absolute atomic E-state index is 5.51. The van der Waals surface area contributed by atoms with Gasteiger partial charge >= 0.3 is 0 Å². The fourth-order valence-corrected chi connectivity index (χ4v) is 1.23. The Kier molecular flexibility index (Phi) is 1.60. The molecule has 0 aromatic heterocycles. The minimum atomic E-state index is 0.497. The average Bonchev–Trinajstić information content (AvgIpc) is 1.58. The fourth-order valence-electron chi connectivity index (χ4n) is 0.936. The van der Waals surface area contributed by atoms with Gasteiger partial charge in [-0.3, -0.25) is 0 Å². The molecule has 0 aromatic rings. The van der Waals surface area contributed by atoms with E-state index >= 15 is 0 Å². The van der Waals surface area contributed by atoms with Gasteiger partial charge in [0.05, 0.1) is 0 Å². The normalized spacial score (nSPS) is 40.3. The second-order valence-electron chi connectivity index (χ2n) is 2.28. The van der Waals surface area contributed by atoms with Crippen molar-refractivity contribution in [1.29, 1.82) is 0 Å². The molecular formula is C5H11NS. The zero-order valence-corrected chi connectivity index (χ0v) is 5.20. The van der Waals surface area contributed by atoms with Crippen LogP contribution in [0.1, 0.15) is 12.8 Å². The van der Waals surface area contributed by atoms with E-state index in [1.807, 2.05) is 0 Å². The summed E-state index contributed by atoms with van der Waals surface area (Å²) < 4.78 is 0. The number of hydrogen-bond acceptors (Lipinski definition) is 2. The summed E-state index contributed by atoms with van der Waals surface area (Å²) in [7, 11) is 0. The molecule has 0 spiro atoms. The van der Waals surface area contributed by atoms with Crippen molar-refractivity contribution >= 4 is 12.6 Å². The van der Waals surface area contributed by atoms with Crippen LogP contribution in [0.25, 0.3) is 0 Å². The van der Waals surface area contributed by atoms with Gasteiger partial charge < -0.3 is 5.73 Å². The van der Waals surface area contributed by atoms with Crippen LogP contribution >= 0.6 is 12.6 Å². The summed E-state index contributed by atoms with van der Waals surface area (Å²) in [4.78, 5) is 0. The van der Waals surface area contributed by atoms with E-state index in [4.69, 9.17) is 5.73 Å². The van der Waals surface area contributed by atoms with E-state index in [0.717, 1.165) is 11.7 Å². The van der Waals surface area contributed by atoms with Crippen LogP contribution in [0.4, 0.5) is 0 Å². The Labute approximate surface area is 49.7 Å². The molecule has 1 aliphatic rings. The van der Waals surface area contributed by atoms with Crippen LogP contribution in [0.5, 0.6) is 0 Å². The summed E-state index contributed by atoms with van der Waals surface area (Å²) in [5.74, 6) is 1.85. The topological polar surface area (TPSA) is 26.0 Å². The smallest absolute Gasteiger partial charge is 0.00447 e. The van der Waals surface area contributed by atoms with Gasteiger partial charge in [-0.2, -0.15) is 12.6 Å². The molecule has 0 heterocycles. The molecule has 1 nitrogen and oxygen atoms in total. The maximum Gasteiger partial charge on any atom is 0.00447 e. The molecule has 1 rings (SSSR count). The first kappa shape index (κ1) is 5.45. The van der Waals surface area contributed by atoms with E-state index in [-0.39, 0.29) is 0 Å². The first-order valence-corrected chi connectivity index (χ1v) is 3.32. The molecule has 0 amide bonds. The molecule has 2 N–H and O–H groups in total. The molecule has 42 valence electrons. The van der Waals surface area contributed by atoms with Gasteiger partial charge in [0.2, 0.25) is 0 Å². The largest absolute Gasteiger partial charge is 0.328 e. The third-order valence-electron chi connectivity index (χ3n) is 1.53. The van der Waals surface area contributed by atoms with Crippen LogP contribution in [0.15, 0.2) is 0 Å². The standard InChI is InChI=1S/C5H11NS/c6-5-1-4(2-5)3-7/h4-5,7H,1-3,6H2. The Bertz CT molecular complexity index is 59.1. The highest BCUT2D eigenvalue weighted by atomic mass is 32.1. The van der Waals surface area contributed by atoms with Gasteiger partial charge in [0.15, 0.2) is 0 Å². The molecule has 0 aromatic carbocycles. The number of nitrogens with two attached hydrogens (primary N) is 1. The molecule has 1 saturated carbocycles. The maximum atomic E-state index is 5.51. The van der Waals surface area contributed by atoms with Gasteiger partial charge in [-0.15, -0.1) is 0 Å². The summed E-state index contributed by atoms with van der Waals surface area (Å²) in [6.07, 6.45) is 2.40. The van der Waals surface area contributed by atoms with Crippen molar-refractivity contribution in [2.75, 3.05) is 5.75 Å². The molecule has 0 saturated heterocycles. The van der Waals surface area contributed by atoms with E-state index in [0.29, 0.717) is 6.04 Å². The number of hydrogen-bond donors (Lipinski definition) is 2. The Balaban J connectivity index is 2.06. The first-order valence-electron chi connectivity index (χ1n) is 2.69. The van der Waals surface area contributed by atoms with Gasteiger partial charge in [0, 0.05) is 6.04 Å². The van der Waals surface area contributed by atoms with E-state index in [1.54, 1.807) is 0 Å². The summed E-state index contributed by atoms with van der Waals surface area (Å²) in [5, 5.41) is 0. The third-order valence-corrected chi connectivity index (χ3v) is 2.05. The Morgan fingerprint density at radius 1 is 1.57 bits per heavy atom. The minimum Gasteiger partial charge on any atom is -0.328 e. The molecule has 0 aliphatic heterocycles. The quantitative estimate of drug-likeness (QED) is 0.485. The molecule has 7 heavy (non-hydrogen) atoms. The molecule has 0 unspecified atom stereocenters. The third kappa shape index (κ3) is 1.10. The van der Waals surface area contributed by atoms with Crippen molar-refractivity contribution in [3.63, 3.8) is 0 Å². The Hall–Kier alpha value is 0.310. The van der Waals surface area contributed by atoms with E-state index in [2.05, 4.69) is 12.6 Å². The van der Waals surface area contributed by atoms with Crippen LogP contribution in [0, 0.1) is 5.92 Å². The molecule has 0 atom stereocenters. The van der Waals surface area contributed by atoms with Crippen molar-refractivity contribution in [2.24, 2.45) is 11.7 Å². The molecule has 0 bridgehead atoms. The van der Waals surface area contributed by atoms with Crippen LogP contribution in [0.3, 0.4) is 0 Å². The van der Waals surface area contributed by atoms with Crippen molar-refractivity contribution < 1.29 is 0 Å². The van der Waals surface area contributed by atoms with Gasteiger partial charge in [0.25, 0.3) is 0 Å². The zero-order valence-electron chi connectivity index (χ0n) is 4.30. The van der Waals surface area contributed by atoms with Crippen molar-refractivity contribution in [3.05, 3.63) is 0 Å². The minimum absolute atomic E-state index is 0.497. The first-order chi connectivity index (χ1) is 3.33. The van der Waals surface area contributed by atoms with Gasteiger partial charge in [-0.25, -0.2) is 0 Å². The second kappa shape index (κ2) is 2.05. The number of thiol groups is 1. The molecule has 1 aliphatic carbocycles. The van der Waals surface area contributed by atoms with Crippen molar-refractivity contribution in [3.8, 4) is 0 Å². The summed E-state index contributed by atoms with van der Waals surface area (Å²) in [5.41, 5.74) is 5.51. The molecule has 1 fully saturated rings.